The lowest BCUT2D eigenvalue weighted by atomic mass is 9.87. The number of nitrogens with zero attached hydrogens (tertiary/aromatic N) is 3. The predicted octanol–water partition coefficient (Wildman–Crippen LogP) is 2.55. The van der Waals surface area contributed by atoms with Crippen LogP contribution in [0.4, 0.5) is 4.79 Å². The van der Waals surface area contributed by atoms with Crippen LogP contribution in [0.1, 0.15) is 31.2 Å². The van der Waals surface area contributed by atoms with E-state index in [0.29, 0.717) is 49.7 Å². The molecule has 0 radical (unpaired) electrons. The van der Waals surface area contributed by atoms with E-state index < -0.39 is 10.0 Å². The molecule has 3 saturated heterocycles. The van der Waals surface area contributed by atoms with Crippen LogP contribution in [-0.2, 0) is 20.5 Å². The number of hydrogen-bond donors (Lipinski definition) is 0. The third kappa shape index (κ3) is 4.00. The van der Waals surface area contributed by atoms with Crippen LogP contribution >= 0.6 is 11.6 Å². The maximum Gasteiger partial charge on any atom is 0.320 e. The summed E-state index contributed by atoms with van der Waals surface area (Å²) in [6.45, 7) is 2.92. The van der Waals surface area contributed by atoms with Gasteiger partial charge in [-0.2, -0.15) is 0 Å². The smallest absolute Gasteiger partial charge is 0.320 e. The standard InChI is InChI=1S/C20H28ClN3O4S/c1-22-15-20(8-12-28-13-9-20)24(19(22)25)17-6-10-23(11-7-17)29(26,27)14-16-4-2-3-5-18(16)21/h2-5,17H,6-15H2,1H3. The van der Waals surface area contributed by atoms with E-state index in [1.165, 1.54) is 0 Å². The number of rotatable bonds is 4. The Labute approximate surface area is 177 Å². The molecule has 1 aromatic rings. The van der Waals surface area contributed by atoms with E-state index in [0.717, 1.165) is 19.4 Å². The number of benzene rings is 1. The highest BCUT2D eigenvalue weighted by Crippen LogP contribution is 2.39. The predicted molar refractivity (Wildman–Crippen MR) is 111 cm³/mol. The van der Waals surface area contributed by atoms with Crippen molar-refractivity contribution in [2.45, 2.75) is 43.0 Å². The first-order valence-electron chi connectivity index (χ1n) is 10.2. The third-order valence-electron chi connectivity index (χ3n) is 6.48. The van der Waals surface area contributed by atoms with Crippen molar-refractivity contribution in [3.8, 4) is 0 Å². The second kappa shape index (κ2) is 8.06. The van der Waals surface area contributed by atoms with E-state index >= 15 is 0 Å². The fourth-order valence-electron chi connectivity index (χ4n) is 4.95. The summed E-state index contributed by atoms with van der Waals surface area (Å²) in [4.78, 5) is 16.7. The highest BCUT2D eigenvalue weighted by molar-refractivity contribution is 7.88. The number of halogens is 1. The van der Waals surface area contributed by atoms with Crippen LogP contribution in [0.3, 0.4) is 0 Å². The minimum atomic E-state index is -3.45. The van der Waals surface area contributed by atoms with Crippen molar-refractivity contribution in [2.75, 3.05) is 39.9 Å². The summed E-state index contributed by atoms with van der Waals surface area (Å²) in [5.74, 6) is -0.0933. The lowest BCUT2D eigenvalue weighted by Crippen LogP contribution is -2.57. The maximum atomic E-state index is 12.9. The van der Waals surface area contributed by atoms with E-state index in [9.17, 15) is 13.2 Å². The average Bonchev–Trinajstić information content (AvgIpc) is 2.93. The van der Waals surface area contributed by atoms with Gasteiger partial charge in [0.05, 0.1) is 11.3 Å². The number of urea groups is 1. The van der Waals surface area contributed by atoms with Gasteiger partial charge in [-0.05, 0) is 37.3 Å². The van der Waals surface area contributed by atoms with E-state index in [2.05, 4.69) is 0 Å². The summed E-state index contributed by atoms with van der Waals surface area (Å²) in [5.41, 5.74) is 0.446. The molecule has 29 heavy (non-hydrogen) atoms. The molecule has 0 saturated carbocycles. The Kier molecular flexibility index (Phi) is 5.81. The van der Waals surface area contributed by atoms with Gasteiger partial charge in [0.15, 0.2) is 0 Å². The topological polar surface area (TPSA) is 70.2 Å². The van der Waals surface area contributed by atoms with Gasteiger partial charge in [-0.1, -0.05) is 29.8 Å². The van der Waals surface area contributed by atoms with Crippen LogP contribution in [0.15, 0.2) is 24.3 Å². The number of likely N-dealkylation sites (N-methyl/N-ethyl adjacent to an activating group) is 1. The molecule has 2 amide bonds. The molecule has 4 rings (SSSR count). The van der Waals surface area contributed by atoms with Gasteiger partial charge in [0.25, 0.3) is 0 Å². The van der Waals surface area contributed by atoms with Gasteiger partial charge in [0.2, 0.25) is 10.0 Å². The largest absolute Gasteiger partial charge is 0.381 e. The molecule has 160 valence electrons. The van der Waals surface area contributed by atoms with E-state index in [-0.39, 0.29) is 23.4 Å². The minimum Gasteiger partial charge on any atom is -0.381 e. The van der Waals surface area contributed by atoms with Crippen molar-refractivity contribution >= 4 is 27.7 Å². The van der Waals surface area contributed by atoms with Crippen molar-refractivity contribution < 1.29 is 17.9 Å². The Balaban J connectivity index is 1.44. The summed E-state index contributed by atoms with van der Waals surface area (Å²) in [6, 6.07) is 7.18. The van der Waals surface area contributed by atoms with Crippen LogP contribution < -0.4 is 0 Å². The van der Waals surface area contributed by atoms with Crippen molar-refractivity contribution in [2.24, 2.45) is 0 Å². The molecule has 3 fully saturated rings. The molecule has 3 aliphatic heterocycles. The summed E-state index contributed by atoms with van der Waals surface area (Å²) < 4.78 is 32.9. The number of hydrogen-bond acceptors (Lipinski definition) is 4. The highest BCUT2D eigenvalue weighted by atomic mass is 35.5. The minimum absolute atomic E-state index is 0.0595. The maximum absolute atomic E-state index is 12.9. The van der Waals surface area contributed by atoms with Gasteiger partial charge in [0, 0.05) is 51.0 Å². The lowest BCUT2D eigenvalue weighted by Gasteiger charge is -2.46. The van der Waals surface area contributed by atoms with E-state index in [4.69, 9.17) is 16.3 Å². The monoisotopic (exact) mass is 441 g/mol. The number of amides is 2. The van der Waals surface area contributed by atoms with Crippen LogP contribution in [0.2, 0.25) is 5.02 Å². The molecule has 0 atom stereocenters. The quantitative estimate of drug-likeness (QED) is 0.720. The molecular formula is C20H28ClN3O4S. The molecule has 7 nitrogen and oxygen atoms in total. The third-order valence-corrected chi connectivity index (χ3v) is 8.67. The van der Waals surface area contributed by atoms with E-state index in [1.807, 2.05) is 11.9 Å². The summed E-state index contributed by atoms with van der Waals surface area (Å²) in [6.07, 6.45) is 3.00. The summed E-state index contributed by atoms with van der Waals surface area (Å²) in [5, 5.41) is 0.470. The first-order chi connectivity index (χ1) is 13.8. The van der Waals surface area contributed by atoms with Crippen molar-refractivity contribution in [3.63, 3.8) is 0 Å². The Morgan fingerprint density at radius 1 is 1.17 bits per heavy atom. The Morgan fingerprint density at radius 2 is 1.83 bits per heavy atom. The first-order valence-corrected chi connectivity index (χ1v) is 12.1. The van der Waals surface area contributed by atoms with Crippen LogP contribution in [-0.4, -0.2) is 80.0 Å². The molecule has 0 aliphatic carbocycles. The highest BCUT2D eigenvalue weighted by Gasteiger charge is 2.52. The summed E-state index contributed by atoms with van der Waals surface area (Å²) >= 11 is 6.15. The molecule has 0 unspecified atom stereocenters. The Bertz CT molecular complexity index is 864. The molecule has 0 N–H and O–H groups in total. The molecule has 9 heteroatoms. The number of piperidine rings is 1. The molecule has 3 heterocycles. The van der Waals surface area contributed by atoms with Gasteiger partial charge in [0.1, 0.15) is 0 Å². The van der Waals surface area contributed by atoms with Crippen molar-refractivity contribution in [1.29, 1.82) is 0 Å². The van der Waals surface area contributed by atoms with Crippen LogP contribution in [0.25, 0.3) is 0 Å². The molecular weight excluding hydrogens is 414 g/mol. The molecule has 1 spiro atoms. The fraction of sp³-hybridized carbons (Fsp3) is 0.650. The molecule has 0 aromatic heterocycles. The lowest BCUT2D eigenvalue weighted by molar-refractivity contribution is -0.0129. The zero-order valence-electron chi connectivity index (χ0n) is 16.7. The van der Waals surface area contributed by atoms with Crippen LogP contribution in [0, 0.1) is 0 Å². The number of ether oxygens (including phenoxy) is 1. The van der Waals surface area contributed by atoms with E-state index in [1.54, 1.807) is 33.5 Å². The van der Waals surface area contributed by atoms with Gasteiger partial charge >= 0.3 is 6.03 Å². The number of carbonyl (C=O) groups is 1. The number of carbonyl (C=O) groups excluding carboxylic acids is 1. The summed E-state index contributed by atoms with van der Waals surface area (Å²) in [7, 11) is -1.60. The fourth-order valence-corrected chi connectivity index (χ4v) is 6.82. The SMILES string of the molecule is CN1CC2(CCOCC2)N(C2CCN(S(=O)(=O)Cc3ccccc3Cl)CC2)C1=O. The Hall–Kier alpha value is -1.35. The zero-order chi connectivity index (χ0) is 20.6. The molecule has 0 bridgehead atoms. The van der Waals surface area contributed by atoms with Crippen molar-refractivity contribution in [3.05, 3.63) is 34.9 Å². The first kappa shape index (κ1) is 20.9. The Morgan fingerprint density at radius 3 is 2.48 bits per heavy atom. The number of sulfonamides is 1. The van der Waals surface area contributed by atoms with Gasteiger partial charge < -0.3 is 14.5 Å². The van der Waals surface area contributed by atoms with Gasteiger partial charge in [-0.15, -0.1) is 0 Å². The average molecular weight is 442 g/mol. The zero-order valence-corrected chi connectivity index (χ0v) is 18.3. The van der Waals surface area contributed by atoms with Gasteiger partial charge in [-0.25, -0.2) is 17.5 Å². The van der Waals surface area contributed by atoms with Crippen LogP contribution in [0.5, 0.6) is 0 Å². The van der Waals surface area contributed by atoms with Crippen molar-refractivity contribution in [1.82, 2.24) is 14.1 Å². The molecule has 3 aliphatic rings. The normalized spacial score (nSPS) is 23.9. The second-order valence-corrected chi connectivity index (χ2v) is 10.7. The van der Waals surface area contributed by atoms with Gasteiger partial charge in [-0.3, -0.25) is 0 Å². The second-order valence-electron chi connectivity index (χ2n) is 8.32. The molecule has 1 aromatic carbocycles.